The first-order valence-electron chi connectivity index (χ1n) is 12.9. The fourth-order valence-corrected chi connectivity index (χ4v) is 5.94. The van der Waals surface area contributed by atoms with E-state index in [0.29, 0.717) is 24.5 Å². The molecule has 216 valence electrons. The molecule has 42 heavy (non-hydrogen) atoms. The van der Waals surface area contributed by atoms with Gasteiger partial charge >= 0.3 is 5.97 Å². The Morgan fingerprint density at radius 3 is 2.69 bits per heavy atom. The van der Waals surface area contributed by atoms with Gasteiger partial charge in [0, 0.05) is 30.9 Å². The molecule has 1 fully saturated rings. The van der Waals surface area contributed by atoms with E-state index < -0.39 is 23.4 Å². The fraction of sp³-hybridized carbons (Fsp3) is 0.241. The molecule has 8 nitrogen and oxygen atoms in total. The fourth-order valence-electron chi connectivity index (χ4n) is 4.67. The average molecular weight is 659 g/mol. The van der Waals surface area contributed by atoms with E-state index in [0.717, 1.165) is 33.4 Å². The van der Waals surface area contributed by atoms with Crippen molar-refractivity contribution in [2.24, 2.45) is 0 Å². The van der Waals surface area contributed by atoms with E-state index in [1.165, 1.54) is 24.5 Å². The molecule has 6 rings (SSSR count). The number of esters is 1. The van der Waals surface area contributed by atoms with Gasteiger partial charge in [-0.15, -0.1) is 11.3 Å². The molecule has 5 aromatic rings. The Bertz CT molecular complexity index is 1810. The number of benzene rings is 2. The second kappa shape index (κ2) is 11.8. The van der Waals surface area contributed by atoms with Crippen LogP contribution in [0.2, 0.25) is 0 Å². The number of fused-ring (bicyclic) bond motifs is 1. The third kappa shape index (κ3) is 5.76. The standard InChI is InChI=1S/C29H22BrF3N4O4S/c1-39-28(38)16-8-22(33)27-24(9-16)37(13-17-5-6-40-17)25(36-27)10-15-7-21(32)19(11-20(15)31)23-3-2-4-26(35-23)41-14-18-12-34-29(30)42-18/h2-4,7-9,11-12,17H,5-6,10,13-14H2,1H3/t17-/m0/s1. The van der Waals surface area contributed by atoms with Crippen molar-refractivity contribution in [1.82, 2.24) is 19.5 Å². The lowest BCUT2D eigenvalue weighted by atomic mass is 10.0. The minimum absolute atomic E-state index is 0.0150. The summed E-state index contributed by atoms with van der Waals surface area (Å²) in [6, 6.07) is 9.53. The summed E-state index contributed by atoms with van der Waals surface area (Å²) in [5.74, 6) is -2.24. The summed E-state index contributed by atoms with van der Waals surface area (Å²) in [6.07, 6.45) is 2.19. The van der Waals surface area contributed by atoms with E-state index in [1.807, 2.05) is 0 Å². The molecule has 1 aliphatic heterocycles. The molecule has 3 aromatic heterocycles. The Morgan fingerprint density at radius 2 is 1.98 bits per heavy atom. The van der Waals surface area contributed by atoms with Gasteiger partial charge in [0.2, 0.25) is 5.88 Å². The number of halogens is 4. The van der Waals surface area contributed by atoms with Gasteiger partial charge in [-0.1, -0.05) is 6.07 Å². The number of carbonyl (C=O) groups excluding carboxylic acids is 1. The molecule has 0 radical (unpaired) electrons. The number of nitrogens with zero attached hydrogens (tertiary/aromatic N) is 4. The number of hydrogen-bond donors (Lipinski definition) is 0. The van der Waals surface area contributed by atoms with Gasteiger partial charge in [-0.25, -0.2) is 32.9 Å². The normalized spacial score (nSPS) is 14.6. The maximum absolute atomic E-state index is 15.5. The molecule has 2 aromatic carbocycles. The quantitative estimate of drug-likeness (QED) is 0.168. The lowest BCUT2D eigenvalue weighted by Crippen LogP contribution is -2.31. The highest BCUT2D eigenvalue weighted by Gasteiger charge is 2.25. The van der Waals surface area contributed by atoms with Gasteiger partial charge in [-0.05, 0) is 58.2 Å². The third-order valence-electron chi connectivity index (χ3n) is 6.86. The van der Waals surface area contributed by atoms with Crippen LogP contribution in [-0.2, 0) is 29.0 Å². The number of carbonyl (C=O) groups is 1. The molecular weight excluding hydrogens is 637 g/mol. The first-order valence-corrected chi connectivity index (χ1v) is 14.5. The zero-order valence-electron chi connectivity index (χ0n) is 22.1. The van der Waals surface area contributed by atoms with E-state index >= 15 is 13.2 Å². The van der Waals surface area contributed by atoms with E-state index in [4.69, 9.17) is 14.2 Å². The molecule has 0 unspecified atom stereocenters. The second-order valence-corrected chi connectivity index (χ2v) is 12.0. The Labute approximate surface area is 250 Å². The van der Waals surface area contributed by atoms with Crippen molar-refractivity contribution >= 4 is 44.3 Å². The van der Waals surface area contributed by atoms with Gasteiger partial charge in [0.1, 0.15) is 29.6 Å². The number of hydrogen-bond acceptors (Lipinski definition) is 8. The topological polar surface area (TPSA) is 88.4 Å². The van der Waals surface area contributed by atoms with Crippen molar-refractivity contribution < 1.29 is 32.2 Å². The first-order chi connectivity index (χ1) is 20.3. The monoisotopic (exact) mass is 658 g/mol. The van der Waals surface area contributed by atoms with Gasteiger partial charge in [-0.2, -0.15) is 0 Å². The summed E-state index contributed by atoms with van der Waals surface area (Å²) in [5, 5.41) is 0. The molecule has 4 heterocycles. The maximum Gasteiger partial charge on any atom is 0.338 e. The Hall–Kier alpha value is -3.81. The molecule has 13 heteroatoms. The van der Waals surface area contributed by atoms with Crippen molar-refractivity contribution in [2.75, 3.05) is 13.7 Å². The highest BCUT2D eigenvalue weighted by Crippen LogP contribution is 2.30. The highest BCUT2D eigenvalue weighted by molar-refractivity contribution is 9.11. The first kappa shape index (κ1) is 28.3. The Morgan fingerprint density at radius 1 is 1.14 bits per heavy atom. The minimum atomic E-state index is -0.722. The third-order valence-corrected chi connectivity index (χ3v) is 8.31. The molecule has 1 aliphatic rings. The summed E-state index contributed by atoms with van der Waals surface area (Å²) in [5.41, 5.74) is 0.565. The number of ether oxygens (including phenoxy) is 3. The largest absolute Gasteiger partial charge is 0.472 e. The number of rotatable bonds is 9. The van der Waals surface area contributed by atoms with Crippen LogP contribution in [0.15, 0.2) is 52.6 Å². The molecule has 0 aliphatic carbocycles. The zero-order chi connectivity index (χ0) is 29.4. The summed E-state index contributed by atoms with van der Waals surface area (Å²) in [6.45, 7) is 1.14. The van der Waals surface area contributed by atoms with Gasteiger partial charge in [-0.3, -0.25) is 0 Å². The van der Waals surface area contributed by atoms with E-state index in [9.17, 15) is 4.79 Å². The Kier molecular flexibility index (Phi) is 7.97. The molecular formula is C29H22BrF3N4O4S. The molecule has 1 saturated heterocycles. The van der Waals surface area contributed by atoms with Crippen LogP contribution in [-0.4, -0.2) is 45.3 Å². The predicted octanol–water partition coefficient (Wildman–Crippen LogP) is 6.48. The molecule has 0 bridgehead atoms. The van der Waals surface area contributed by atoms with Crippen LogP contribution in [0.3, 0.4) is 0 Å². The molecule has 0 spiro atoms. The summed E-state index contributed by atoms with van der Waals surface area (Å²) < 4.78 is 64.3. The molecule has 0 N–H and O–H groups in total. The second-order valence-electron chi connectivity index (χ2n) is 9.57. The highest BCUT2D eigenvalue weighted by atomic mass is 79.9. The van der Waals surface area contributed by atoms with Crippen molar-refractivity contribution in [3.05, 3.63) is 91.9 Å². The van der Waals surface area contributed by atoms with Crippen molar-refractivity contribution in [2.45, 2.75) is 32.1 Å². The van der Waals surface area contributed by atoms with Crippen LogP contribution in [0, 0.1) is 17.5 Å². The lowest BCUT2D eigenvalue weighted by Gasteiger charge is -2.27. The number of aromatic nitrogens is 4. The molecule has 0 saturated carbocycles. The number of methoxy groups -OCH3 is 1. The van der Waals surface area contributed by atoms with Gasteiger partial charge in [0.25, 0.3) is 0 Å². The summed E-state index contributed by atoms with van der Waals surface area (Å²) in [4.78, 5) is 25.8. The van der Waals surface area contributed by atoms with E-state index in [-0.39, 0.29) is 52.9 Å². The summed E-state index contributed by atoms with van der Waals surface area (Å²) in [7, 11) is 1.21. The smallest absolute Gasteiger partial charge is 0.338 e. The van der Waals surface area contributed by atoms with E-state index in [1.54, 1.807) is 29.0 Å². The average Bonchev–Trinajstić information content (AvgIpc) is 3.53. The van der Waals surface area contributed by atoms with Crippen LogP contribution < -0.4 is 4.74 Å². The number of thiazole rings is 1. The van der Waals surface area contributed by atoms with Crippen LogP contribution >= 0.6 is 27.3 Å². The zero-order valence-corrected chi connectivity index (χ0v) is 24.5. The minimum Gasteiger partial charge on any atom is -0.472 e. The SMILES string of the molecule is COC(=O)c1cc(F)c2nc(Cc3cc(F)c(-c4cccc(OCc5cnc(Br)s5)n4)cc3F)n(C[C@@H]3CCO3)c2c1. The lowest BCUT2D eigenvalue weighted by molar-refractivity contribution is -0.0589. The van der Waals surface area contributed by atoms with Crippen molar-refractivity contribution in [3.8, 4) is 17.1 Å². The van der Waals surface area contributed by atoms with Crippen LogP contribution in [0.25, 0.3) is 22.3 Å². The van der Waals surface area contributed by atoms with Crippen LogP contribution in [0.5, 0.6) is 5.88 Å². The number of imidazole rings is 1. The van der Waals surface area contributed by atoms with Crippen LogP contribution in [0.4, 0.5) is 13.2 Å². The van der Waals surface area contributed by atoms with E-state index in [2.05, 4.69) is 30.9 Å². The maximum atomic E-state index is 15.5. The predicted molar refractivity (Wildman–Crippen MR) is 152 cm³/mol. The van der Waals surface area contributed by atoms with Gasteiger partial charge < -0.3 is 18.8 Å². The van der Waals surface area contributed by atoms with Crippen molar-refractivity contribution in [1.29, 1.82) is 0 Å². The number of pyridine rings is 1. The Balaban J connectivity index is 1.30. The molecule has 0 amide bonds. The van der Waals surface area contributed by atoms with Gasteiger partial charge in [0.05, 0.1) is 41.4 Å². The van der Waals surface area contributed by atoms with Crippen LogP contribution in [0.1, 0.15) is 33.0 Å². The van der Waals surface area contributed by atoms with Gasteiger partial charge in [0.15, 0.2) is 9.73 Å². The molecule has 1 atom stereocenters. The van der Waals surface area contributed by atoms with Crippen molar-refractivity contribution in [3.63, 3.8) is 0 Å². The summed E-state index contributed by atoms with van der Waals surface area (Å²) >= 11 is 4.71.